The minimum Gasteiger partial charge on any atom is -0.497 e. The van der Waals surface area contributed by atoms with E-state index in [1.54, 1.807) is 38.1 Å². The zero-order valence-electron chi connectivity index (χ0n) is 16.8. The molecule has 6 heteroatoms. The second-order valence-corrected chi connectivity index (χ2v) is 8.01. The van der Waals surface area contributed by atoms with E-state index >= 15 is 0 Å². The van der Waals surface area contributed by atoms with Crippen LogP contribution in [0.4, 0.5) is 0 Å². The van der Waals surface area contributed by atoms with E-state index in [1.807, 2.05) is 36.4 Å². The number of carbonyl (C=O) groups is 1. The third-order valence-electron chi connectivity index (χ3n) is 4.54. The molecule has 4 nitrogen and oxygen atoms in total. The van der Waals surface area contributed by atoms with E-state index in [2.05, 4.69) is 18.7 Å². The maximum atomic E-state index is 12.9. The number of Topliss-reactive ketones (excluding diaryl/α,β-unsaturated/α-hetero) is 1. The molecule has 1 unspecified atom stereocenters. The van der Waals surface area contributed by atoms with Crippen molar-refractivity contribution in [3.05, 3.63) is 59.7 Å². The van der Waals surface area contributed by atoms with Crippen molar-refractivity contribution in [1.82, 2.24) is 4.90 Å². The summed E-state index contributed by atoms with van der Waals surface area (Å²) in [6.07, 6.45) is 0.366. The highest BCUT2D eigenvalue weighted by Gasteiger charge is 2.21. The molecule has 0 aliphatic carbocycles. The standard InChI is InChI=1S/C22H27NO3S2/c1-5-23(6-2)22(27)28-21(17-9-13-19(26-4)14-10-17)15-20(24)16-7-11-18(25-3)12-8-16/h7-14,21H,5-6,15H2,1-4H3. The van der Waals surface area contributed by atoms with Gasteiger partial charge in [0.15, 0.2) is 5.78 Å². The van der Waals surface area contributed by atoms with Crippen molar-refractivity contribution in [3.8, 4) is 11.5 Å². The number of rotatable bonds is 9. The lowest BCUT2D eigenvalue weighted by molar-refractivity contribution is 0.0982. The first-order valence-electron chi connectivity index (χ1n) is 9.29. The van der Waals surface area contributed by atoms with Crippen molar-refractivity contribution in [2.75, 3.05) is 27.3 Å². The Hall–Kier alpha value is -2.05. The zero-order valence-corrected chi connectivity index (χ0v) is 18.4. The van der Waals surface area contributed by atoms with E-state index in [-0.39, 0.29) is 11.0 Å². The SMILES string of the molecule is CCN(CC)C(=S)SC(CC(=O)c1ccc(OC)cc1)c1ccc(OC)cc1. The van der Waals surface area contributed by atoms with E-state index in [9.17, 15) is 4.79 Å². The Morgan fingerprint density at radius 2 is 1.46 bits per heavy atom. The monoisotopic (exact) mass is 417 g/mol. The molecule has 0 spiro atoms. The molecule has 0 amide bonds. The van der Waals surface area contributed by atoms with Gasteiger partial charge in [-0.25, -0.2) is 0 Å². The van der Waals surface area contributed by atoms with E-state index in [1.165, 1.54) is 0 Å². The normalized spacial score (nSPS) is 11.6. The van der Waals surface area contributed by atoms with Crippen molar-refractivity contribution in [2.24, 2.45) is 0 Å². The van der Waals surface area contributed by atoms with Gasteiger partial charge in [-0.05, 0) is 55.8 Å². The van der Waals surface area contributed by atoms with Crippen molar-refractivity contribution < 1.29 is 14.3 Å². The van der Waals surface area contributed by atoms with Gasteiger partial charge < -0.3 is 14.4 Å². The molecule has 2 rings (SSSR count). The molecule has 0 aliphatic heterocycles. The van der Waals surface area contributed by atoms with Gasteiger partial charge in [-0.15, -0.1) is 0 Å². The first kappa shape index (κ1) is 22.2. The number of ketones is 1. The first-order chi connectivity index (χ1) is 13.5. The lowest BCUT2D eigenvalue weighted by Crippen LogP contribution is -2.27. The van der Waals surface area contributed by atoms with Gasteiger partial charge in [0, 0.05) is 30.3 Å². The predicted octanol–water partition coefficient (Wildman–Crippen LogP) is 5.38. The summed E-state index contributed by atoms with van der Waals surface area (Å²) in [7, 11) is 3.26. The van der Waals surface area contributed by atoms with Crippen LogP contribution in [0, 0.1) is 0 Å². The molecule has 28 heavy (non-hydrogen) atoms. The quantitative estimate of drug-likeness (QED) is 0.403. The molecule has 0 heterocycles. The van der Waals surface area contributed by atoms with Crippen molar-refractivity contribution in [2.45, 2.75) is 25.5 Å². The molecule has 0 aromatic heterocycles. The number of hydrogen-bond acceptors (Lipinski definition) is 5. The van der Waals surface area contributed by atoms with Crippen LogP contribution in [0.2, 0.25) is 0 Å². The summed E-state index contributed by atoms with van der Waals surface area (Å²) in [5.74, 6) is 1.61. The highest BCUT2D eigenvalue weighted by atomic mass is 32.2. The minimum atomic E-state index is -0.0615. The maximum Gasteiger partial charge on any atom is 0.164 e. The molecule has 150 valence electrons. The molecule has 0 saturated heterocycles. The first-order valence-corrected chi connectivity index (χ1v) is 10.6. The van der Waals surface area contributed by atoms with Crippen LogP contribution in [-0.2, 0) is 0 Å². The Balaban J connectivity index is 2.22. The number of thioether (sulfide) groups is 1. The van der Waals surface area contributed by atoms with Crippen LogP contribution in [0.5, 0.6) is 11.5 Å². The fourth-order valence-corrected chi connectivity index (χ4v) is 4.57. The van der Waals surface area contributed by atoms with Crippen LogP contribution in [-0.4, -0.2) is 42.3 Å². The highest BCUT2D eigenvalue weighted by molar-refractivity contribution is 8.23. The maximum absolute atomic E-state index is 12.9. The van der Waals surface area contributed by atoms with Gasteiger partial charge in [0.25, 0.3) is 0 Å². The van der Waals surface area contributed by atoms with Gasteiger partial charge >= 0.3 is 0 Å². The average molecular weight is 418 g/mol. The molecule has 0 aliphatic rings. The summed E-state index contributed by atoms with van der Waals surface area (Å²) in [6, 6.07) is 15.1. The van der Waals surface area contributed by atoms with Crippen LogP contribution < -0.4 is 9.47 Å². The van der Waals surface area contributed by atoms with E-state index in [4.69, 9.17) is 21.7 Å². The summed E-state index contributed by atoms with van der Waals surface area (Å²) in [5, 5.41) is -0.0615. The molecular formula is C22H27NO3S2. The molecule has 0 bridgehead atoms. The third kappa shape index (κ3) is 5.97. The Morgan fingerprint density at radius 3 is 1.93 bits per heavy atom. The van der Waals surface area contributed by atoms with Crippen molar-refractivity contribution in [1.29, 1.82) is 0 Å². The highest BCUT2D eigenvalue weighted by Crippen LogP contribution is 2.36. The molecule has 2 aromatic carbocycles. The van der Waals surface area contributed by atoms with Gasteiger partial charge in [-0.1, -0.05) is 36.1 Å². The smallest absolute Gasteiger partial charge is 0.164 e. The summed E-state index contributed by atoms with van der Waals surface area (Å²) < 4.78 is 11.2. The van der Waals surface area contributed by atoms with E-state index < -0.39 is 0 Å². The summed E-state index contributed by atoms with van der Waals surface area (Å²) in [6.45, 7) is 5.87. The topological polar surface area (TPSA) is 38.8 Å². The largest absolute Gasteiger partial charge is 0.497 e. The van der Waals surface area contributed by atoms with Gasteiger partial charge in [0.05, 0.1) is 14.2 Å². The van der Waals surface area contributed by atoms with Crippen LogP contribution in [0.1, 0.15) is 41.4 Å². The molecule has 0 saturated carbocycles. The van der Waals surface area contributed by atoms with Gasteiger partial charge in [0.1, 0.15) is 15.8 Å². The minimum absolute atomic E-state index is 0.0615. The molecular weight excluding hydrogens is 390 g/mol. The molecule has 0 radical (unpaired) electrons. The lowest BCUT2D eigenvalue weighted by atomic mass is 10.0. The van der Waals surface area contributed by atoms with E-state index in [0.717, 1.165) is 34.5 Å². The van der Waals surface area contributed by atoms with Gasteiger partial charge in [0.2, 0.25) is 0 Å². The second-order valence-electron chi connectivity index (χ2n) is 6.17. The Labute approximate surface area is 177 Å². The lowest BCUT2D eigenvalue weighted by Gasteiger charge is -2.25. The number of benzene rings is 2. The van der Waals surface area contributed by atoms with Crippen LogP contribution >= 0.6 is 24.0 Å². The fourth-order valence-electron chi connectivity index (χ4n) is 2.79. The Kier molecular flexibility index (Phi) is 8.80. The van der Waals surface area contributed by atoms with Crippen LogP contribution in [0.15, 0.2) is 48.5 Å². The zero-order chi connectivity index (χ0) is 20.5. The Morgan fingerprint density at radius 1 is 0.964 bits per heavy atom. The number of hydrogen-bond donors (Lipinski definition) is 0. The van der Waals surface area contributed by atoms with Crippen molar-refractivity contribution in [3.63, 3.8) is 0 Å². The van der Waals surface area contributed by atoms with Crippen LogP contribution in [0.3, 0.4) is 0 Å². The number of ether oxygens (including phenoxy) is 2. The Bertz CT molecular complexity index is 771. The fraction of sp³-hybridized carbons (Fsp3) is 0.364. The molecule has 0 fully saturated rings. The summed E-state index contributed by atoms with van der Waals surface area (Å²) >= 11 is 7.21. The number of thiocarbonyl (C=S) groups is 1. The third-order valence-corrected chi connectivity index (χ3v) is 6.27. The van der Waals surface area contributed by atoms with Gasteiger partial charge in [-0.3, -0.25) is 4.79 Å². The summed E-state index contributed by atoms with van der Waals surface area (Å²) in [4.78, 5) is 15.0. The molecule has 0 N–H and O–H groups in total. The second kappa shape index (κ2) is 11.1. The summed E-state index contributed by atoms with van der Waals surface area (Å²) in [5.41, 5.74) is 1.73. The van der Waals surface area contributed by atoms with E-state index in [0.29, 0.717) is 12.0 Å². The average Bonchev–Trinajstić information content (AvgIpc) is 2.74. The molecule has 2 aromatic rings. The van der Waals surface area contributed by atoms with Crippen molar-refractivity contribution >= 4 is 34.1 Å². The number of nitrogens with zero attached hydrogens (tertiary/aromatic N) is 1. The number of methoxy groups -OCH3 is 2. The van der Waals surface area contributed by atoms with Crippen LogP contribution in [0.25, 0.3) is 0 Å². The molecule has 1 atom stereocenters. The van der Waals surface area contributed by atoms with Gasteiger partial charge in [-0.2, -0.15) is 0 Å². The number of carbonyl (C=O) groups excluding carboxylic acids is 1. The predicted molar refractivity (Wildman–Crippen MR) is 121 cm³/mol.